The Morgan fingerprint density at radius 1 is 0.810 bits per heavy atom. The molecule has 0 saturated carbocycles. The number of hydrogen-bond acceptors (Lipinski definition) is 4. The summed E-state index contributed by atoms with van der Waals surface area (Å²) in [7, 11) is 0. The van der Waals surface area contributed by atoms with Gasteiger partial charge in [-0.05, 0) is 19.3 Å². The van der Waals surface area contributed by atoms with Crippen LogP contribution in [0.2, 0.25) is 0 Å². The van der Waals surface area contributed by atoms with Gasteiger partial charge in [0.05, 0.1) is 0 Å². The standard InChI is InChI=1S/C13H21NO7/c1-2-9(15)14-13(6-3-10(16)17,7-4-11(18)19)8-5-12(20)21/h2-8H2,1H3,(H,14,15)(H,16,17)(H,18,19)(H,20,21). The van der Waals surface area contributed by atoms with Crippen molar-refractivity contribution in [3.8, 4) is 0 Å². The maximum Gasteiger partial charge on any atom is 0.303 e. The van der Waals surface area contributed by atoms with Gasteiger partial charge in [0.1, 0.15) is 0 Å². The molecule has 4 N–H and O–H groups in total. The summed E-state index contributed by atoms with van der Waals surface area (Å²) in [6.45, 7) is 1.60. The van der Waals surface area contributed by atoms with Crippen molar-refractivity contribution in [1.82, 2.24) is 5.32 Å². The first kappa shape index (κ1) is 18.9. The van der Waals surface area contributed by atoms with Gasteiger partial charge >= 0.3 is 17.9 Å². The van der Waals surface area contributed by atoms with Gasteiger partial charge in [0.2, 0.25) is 5.91 Å². The van der Waals surface area contributed by atoms with Crippen LogP contribution in [0.1, 0.15) is 51.9 Å². The zero-order valence-corrected chi connectivity index (χ0v) is 11.9. The maximum atomic E-state index is 11.6. The van der Waals surface area contributed by atoms with Crippen molar-refractivity contribution in [2.75, 3.05) is 0 Å². The highest BCUT2D eigenvalue weighted by molar-refractivity contribution is 5.77. The molecule has 0 aliphatic heterocycles. The van der Waals surface area contributed by atoms with Gasteiger partial charge < -0.3 is 20.6 Å². The molecule has 120 valence electrons. The Bertz CT molecular complexity index is 360. The molecule has 0 aromatic heterocycles. The van der Waals surface area contributed by atoms with Crippen LogP contribution in [0.4, 0.5) is 0 Å². The molecule has 0 spiro atoms. The second-order valence-electron chi connectivity index (χ2n) is 4.86. The second kappa shape index (κ2) is 8.93. The van der Waals surface area contributed by atoms with Crippen molar-refractivity contribution in [1.29, 1.82) is 0 Å². The monoisotopic (exact) mass is 303 g/mol. The summed E-state index contributed by atoms with van der Waals surface area (Å²) in [6.07, 6.45) is -0.692. The van der Waals surface area contributed by atoms with Crippen LogP contribution in [0.3, 0.4) is 0 Å². The van der Waals surface area contributed by atoms with Crippen LogP contribution in [0.5, 0.6) is 0 Å². The van der Waals surface area contributed by atoms with Gasteiger partial charge in [0.15, 0.2) is 0 Å². The number of carbonyl (C=O) groups is 4. The van der Waals surface area contributed by atoms with Crippen LogP contribution in [0, 0.1) is 0 Å². The normalized spacial score (nSPS) is 10.9. The molecule has 8 nitrogen and oxygen atoms in total. The number of hydrogen-bond donors (Lipinski definition) is 4. The summed E-state index contributed by atoms with van der Waals surface area (Å²) in [4.78, 5) is 43.8. The fourth-order valence-corrected chi connectivity index (χ4v) is 1.99. The van der Waals surface area contributed by atoms with Gasteiger partial charge in [0.25, 0.3) is 0 Å². The average molecular weight is 303 g/mol. The molecule has 0 fully saturated rings. The van der Waals surface area contributed by atoms with Crippen molar-refractivity contribution < 1.29 is 34.5 Å². The molecule has 0 aromatic carbocycles. The zero-order valence-electron chi connectivity index (χ0n) is 11.9. The van der Waals surface area contributed by atoms with Crippen molar-refractivity contribution in [3.63, 3.8) is 0 Å². The third-order valence-corrected chi connectivity index (χ3v) is 3.18. The van der Waals surface area contributed by atoms with Crippen molar-refractivity contribution in [3.05, 3.63) is 0 Å². The fourth-order valence-electron chi connectivity index (χ4n) is 1.99. The molecule has 0 heterocycles. The first-order valence-corrected chi connectivity index (χ1v) is 6.67. The minimum atomic E-state index is -1.12. The van der Waals surface area contributed by atoms with Crippen molar-refractivity contribution >= 4 is 23.8 Å². The van der Waals surface area contributed by atoms with E-state index in [2.05, 4.69) is 5.32 Å². The topological polar surface area (TPSA) is 141 Å². The lowest BCUT2D eigenvalue weighted by atomic mass is 9.83. The van der Waals surface area contributed by atoms with Crippen LogP contribution in [-0.4, -0.2) is 44.7 Å². The first-order chi connectivity index (χ1) is 9.70. The lowest BCUT2D eigenvalue weighted by Gasteiger charge is -2.34. The molecule has 0 rings (SSSR count). The molecule has 8 heteroatoms. The van der Waals surface area contributed by atoms with E-state index >= 15 is 0 Å². The molecule has 0 aliphatic carbocycles. The predicted molar refractivity (Wildman–Crippen MR) is 71.8 cm³/mol. The van der Waals surface area contributed by atoms with E-state index in [-0.39, 0.29) is 50.9 Å². The first-order valence-electron chi connectivity index (χ1n) is 6.67. The molecule has 0 atom stereocenters. The Morgan fingerprint density at radius 3 is 1.38 bits per heavy atom. The largest absolute Gasteiger partial charge is 0.481 e. The fraction of sp³-hybridized carbons (Fsp3) is 0.692. The Labute approximate surface area is 122 Å². The summed E-state index contributed by atoms with van der Waals surface area (Å²) in [5, 5.41) is 29.0. The zero-order chi connectivity index (χ0) is 16.5. The third kappa shape index (κ3) is 8.61. The number of carbonyl (C=O) groups excluding carboxylic acids is 1. The molecule has 0 bridgehead atoms. The minimum absolute atomic E-state index is 0.00532. The van der Waals surface area contributed by atoms with Gasteiger partial charge in [-0.3, -0.25) is 19.2 Å². The average Bonchev–Trinajstić information content (AvgIpc) is 2.40. The van der Waals surface area contributed by atoms with Gasteiger partial charge in [-0.25, -0.2) is 0 Å². The van der Waals surface area contributed by atoms with Crippen LogP contribution in [-0.2, 0) is 19.2 Å². The molecule has 1 amide bonds. The van der Waals surface area contributed by atoms with Crippen molar-refractivity contribution in [2.24, 2.45) is 0 Å². The number of amides is 1. The van der Waals surface area contributed by atoms with E-state index in [1.54, 1.807) is 6.92 Å². The van der Waals surface area contributed by atoms with E-state index in [1.807, 2.05) is 0 Å². The van der Waals surface area contributed by atoms with Crippen LogP contribution in [0.15, 0.2) is 0 Å². The second-order valence-corrected chi connectivity index (χ2v) is 4.86. The Balaban J connectivity index is 5.11. The summed E-state index contributed by atoms with van der Waals surface area (Å²) >= 11 is 0. The SMILES string of the molecule is CCC(=O)NC(CCC(=O)O)(CCC(=O)O)CCC(=O)O. The smallest absolute Gasteiger partial charge is 0.303 e. The molecular formula is C13H21NO7. The van der Waals surface area contributed by atoms with E-state index in [4.69, 9.17) is 15.3 Å². The molecule has 0 aromatic rings. The van der Waals surface area contributed by atoms with E-state index in [0.29, 0.717) is 0 Å². The number of rotatable bonds is 11. The number of carboxylic acids is 3. The number of aliphatic carboxylic acids is 3. The van der Waals surface area contributed by atoms with Crippen LogP contribution in [0.25, 0.3) is 0 Å². The quantitative estimate of drug-likeness (QED) is 0.443. The van der Waals surface area contributed by atoms with Crippen molar-refractivity contribution in [2.45, 2.75) is 57.4 Å². The van der Waals surface area contributed by atoms with Crippen LogP contribution >= 0.6 is 0 Å². The Hall–Kier alpha value is -2.12. The molecule has 0 radical (unpaired) electrons. The van der Waals surface area contributed by atoms with Crippen LogP contribution < -0.4 is 5.32 Å². The lowest BCUT2D eigenvalue weighted by Crippen LogP contribution is -2.49. The number of carboxylic acid groups (broad SMARTS) is 3. The third-order valence-electron chi connectivity index (χ3n) is 3.18. The minimum Gasteiger partial charge on any atom is -0.481 e. The van der Waals surface area contributed by atoms with E-state index in [0.717, 1.165) is 0 Å². The molecule has 0 unspecified atom stereocenters. The predicted octanol–water partition coefficient (Wildman–Crippen LogP) is 0.846. The summed E-state index contributed by atoms with van der Waals surface area (Å²) in [6, 6.07) is 0. The Kier molecular flexibility index (Phi) is 8.03. The van der Waals surface area contributed by atoms with Gasteiger partial charge in [-0.2, -0.15) is 0 Å². The highest BCUT2D eigenvalue weighted by Crippen LogP contribution is 2.26. The van der Waals surface area contributed by atoms with Gasteiger partial charge in [-0.1, -0.05) is 6.92 Å². The summed E-state index contributed by atoms with van der Waals surface area (Å²) in [5.74, 6) is -3.63. The highest BCUT2D eigenvalue weighted by atomic mass is 16.4. The molecule has 21 heavy (non-hydrogen) atoms. The molecule has 0 saturated heterocycles. The Morgan fingerprint density at radius 2 is 1.14 bits per heavy atom. The molecule has 0 aliphatic rings. The van der Waals surface area contributed by atoms with E-state index in [9.17, 15) is 19.2 Å². The highest BCUT2D eigenvalue weighted by Gasteiger charge is 2.33. The summed E-state index contributed by atoms with van der Waals surface area (Å²) in [5.41, 5.74) is -1.12. The lowest BCUT2D eigenvalue weighted by molar-refractivity contribution is -0.139. The molecular weight excluding hydrogens is 282 g/mol. The summed E-state index contributed by atoms with van der Waals surface area (Å²) < 4.78 is 0. The van der Waals surface area contributed by atoms with Gasteiger partial charge in [-0.15, -0.1) is 0 Å². The maximum absolute atomic E-state index is 11.6. The van der Waals surface area contributed by atoms with E-state index < -0.39 is 23.4 Å². The van der Waals surface area contributed by atoms with Gasteiger partial charge in [0, 0.05) is 31.2 Å². The number of nitrogens with one attached hydrogen (secondary N) is 1. The van der Waals surface area contributed by atoms with E-state index in [1.165, 1.54) is 0 Å².